The number of hydrogen-bond donors (Lipinski definition) is 0. The van der Waals surface area contributed by atoms with E-state index in [1.807, 2.05) is 89.4 Å². The van der Waals surface area contributed by atoms with E-state index >= 15 is 0 Å². The van der Waals surface area contributed by atoms with E-state index in [1.54, 1.807) is 16.3 Å². The normalized spacial score (nSPS) is 13.1. The van der Waals surface area contributed by atoms with Crippen molar-refractivity contribution in [3.63, 3.8) is 0 Å². The van der Waals surface area contributed by atoms with Crippen LogP contribution in [0.4, 0.5) is 11.4 Å². The topological polar surface area (TPSA) is 66.0 Å². The number of anilines is 2. The van der Waals surface area contributed by atoms with E-state index in [0.29, 0.717) is 31.5 Å². The summed E-state index contributed by atoms with van der Waals surface area (Å²) >= 11 is 1.54. The maximum absolute atomic E-state index is 14.0. The monoisotopic (exact) mass is 498 g/mol. The largest absolute Gasteiger partial charge is 0.469 e. The van der Waals surface area contributed by atoms with E-state index < -0.39 is 0 Å². The molecule has 4 aromatic rings. The lowest BCUT2D eigenvalue weighted by atomic mass is 10.1. The molecule has 1 amide bonds. The molecule has 0 radical (unpaired) electrons. The van der Waals surface area contributed by atoms with Gasteiger partial charge in [0.1, 0.15) is 6.67 Å². The van der Waals surface area contributed by atoms with Crippen LogP contribution >= 0.6 is 11.3 Å². The quantitative estimate of drug-likeness (QED) is 0.285. The van der Waals surface area contributed by atoms with Gasteiger partial charge in [-0.1, -0.05) is 36.4 Å². The van der Waals surface area contributed by atoms with Crippen LogP contribution in [-0.4, -0.2) is 35.6 Å². The summed E-state index contributed by atoms with van der Waals surface area (Å²) in [6.07, 6.45) is 3.59. The van der Waals surface area contributed by atoms with Crippen molar-refractivity contribution in [3.8, 4) is 0 Å². The molecule has 0 saturated heterocycles. The van der Waals surface area contributed by atoms with Crippen LogP contribution in [-0.2, 0) is 9.53 Å². The number of ether oxygens (including phenoxy) is 1. The molecule has 5 rings (SSSR count). The summed E-state index contributed by atoms with van der Waals surface area (Å²) in [4.78, 5) is 32.2. The first kappa shape index (κ1) is 23.6. The second-order valence-electron chi connectivity index (χ2n) is 8.38. The van der Waals surface area contributed by atoms with Crippen LogP contribution < -0.4 is 9.91 Å². The van der Waals surface area contributed by atoms with Crippen LogP contribution in [0.5, 0.6) is 0 Å². The Morgan fingerprint density at radius 1 is 1.03 bits per heavy atom. The molecule has 0 bridgehead atoms. The molecule has 8 heteroatoms. The van der Waals surface area contributed by atoms with Crippen molar-refractivity contribution in [2.24, 2.45) is 0 Å². The molecule has 0 fully saturated rings. The smallest absolute Gasteiger partial charge is 0.305 e. The number of para-hydroxylation sites is 1. The van der Waals surface area contributed by atoms with E-state index in [0.717, 1.165) is 27.3 Å². The molecular weight excluding hydrogens is 472 g/mol. The standard InChI is InChI=1S/C28H26N4O3S/c1-35-27(33)14-8-13-24-18-30(22-11-6-3-7-12-22)20-31(24)32(28(34)21-9-4-2-5-10-21)23-15-16-25-26(17-23)36-19-29-25/h2-7,9-12,15-19H,8,13-14,20H2,1H3. The number of carbonyl (C=O) groups is 2. The zero-order valence-electron chi connectivity index (χ0n) is 19.9. The third-order valence-electron chi connectivity index (χ3n) is 6.07. The number of hydrogen-bond acceptors (Lipinski definition) is 7. The first-order valence-electron chi connectivity index (χ1n) is 11.7. The van der Waals surface area contributed by atoms with Gasteiger partial charge in [-0.05, 0) is 55.3 Å². The molecule has 0 spiro atoms. The van der Waals surface area contributed by atoms with Crippen LogP contribution in [0.15, 0.2) is 96.3 Å². The molecular formula is C28H26N4O3S. The summed E-state index contributed by atoms with van der Waals surface area (Å²) in [5.74, 6) is -0.374. The maximum atomic E-state index is 14.0. The zero-order chi connectivity index (χ0) is 24.9. The number of carbonyl (C=O) groups excluding carboxylic acids is 2. The number of methoxy groups -OCH3 is 1. The summed E-state index contributed by atoms with van der Waals surface area (Å²) in [5.41, 5.74) is 6.02. The Balaban J connectivity index is 1.54. The van der Waals surface area contributed by atoms with E-state index in [4.69, 9.17) is 4.74 Å². The van der Waals surface area contributed by atoms with Crippen molar-refractivity contribution in [1.82, 2.24) is 9.99 Å². The van der Waals surface area contributed by atoms with Gasteiger partial charge in [0.05, 0.1) is 34.2 Å². The Bertz CT molecular complexity index is 1390. The number of rotatable bonds is 8. The maximum Gasteiger partial charge on any atom is 0.305 e. The van der Waals surface area contributed by atoms with E-state index in [2.05, 4.69) is 16.1 Å². The molecule has 0 atom stereocenters. The predicted octanol–water partition coefficient (Wildman–Crippen LogP) is 5.82. The van der Waals surface area contributed by atoms with Crippen molar-refractivity contribution < 1.29 is 14.3 Å². The van der Waals surface area contributed by atoms with Gasteiger partial charge in [0.15, 0.2) is 0 Å². The summed E-state index contributed by atoms with van der Waals surface area (Å²) < 4.78 is 5.83. The average molecular weight is 499 g/mol. The molecule has 0 aliphatic carbocycles. The number of amides is 1. The van der Waals surface area contributed by atoms with Crippen molar-refractivity contribution in [1.29, 1.82) is 0 Å². The highest BCUT2D eigenvalue weighted by Crippen LogP contribution is 2.33. The Morgan fingerprint density at radius 2 is 1.78 bits per heavy atom. The first-order chi connectivity index (χ1) is 17.6. The Kier molecular flexibility index (Phi) is 6.95. The van der Waals surface area contributed by atoms with Gasteiger partial charge >= 0.3 is 5.97 Å². The molecule has 1 aliphatic rings. The molecule has 1 aliphatic heterocycles. The number of fused-ring (bicyclic) bond motifs is 1. The summed E-state index contributed by atoms with van der Waals surface area (Å²) in [6.45, 7) is 0.455. The number of allylic oxidation sites excluding steroid dienone is 1. The number of nitrogens with zero attached hydrogens (tertiary/aromatic N) is 4. The fourth-order valence-electron chi connectivity index (χ4n) is 4.24. The lowest BCUT2D eigenvalue weighted by molar-refractivity contribution is -0.140. The molecule has 3 aromatic carbocycles. The highest BCUT2D eigenvalue weighted by molar-refractivity contribution is 7.16. The van der Waals surface area contributed by atoms with Gasteiger partial charge in [0.25, 0.3) is 5.91 Å². The average Bonchev–Trinajstić information content (AvgIpc) is 3.57. The molecule has 0 N–H and O–H groups in total. The van der Waals surface area contributed by atoms with E-state index in [-0.39, 0.29) is 11.9 Å². The molecule has 7 nitrogen and oxygen atoms in total. The summed E-state index contributed by atoms with van der Waals surface area (Å²) in [7, 11) is 1.40. The molecule has 0 unspecified atom stereocenters. The van der Waals surface area contributed by atoms with Crippen LogP contribution in [0.2, 0.25) is 0 Å². The Morgan fingerprint density at radius 3 is 2.53 bits per heavy atom. The third kappa shape index (κ3) is 4.94. The third-order valence-corrected chi connectivity index (χ3v) is 6.86. The van der Waals surface area contributed by atoms with Crippen molar-refractivity contribution in [2.45, 2.75) is 19.3 Å². The van der Waals surface area contributed by atoms with Crippen LogP contribution in [0, 0.1) is 0 Å². The SMILES string of the molecule is COC(=O)CCCC1=CN(c2ccccc2)CN1N(C(=O)c1ccccc1)c1ccc2ncsc2c1. The van der Waals surface area contributed by atoms with Gasteiger partial charge in [0.2, 0.25) is 0 Å². The zero-order valence-corrected chi connectivity index (χ0v) is 20.7. The number of hydrazine groups is 1. The van der Waals surface area contributed by atoms with E-state index in [9.17, 15) is 9.59 Å². The summed E-state index contributed by atoms with van der Waals surface area (Å²) in [6, 6.07) is 25.2. The minimum absolute atomic E-state index is 0.131. The lowest BCUT2D eigenvalue weighted by Gasteiger charge is -2.35. The molecule has 36 heavy (non-hydrogen) atoms. The minimum Gasteiger partial charge on any atom is -0.469 e. The number of aromatic nitrogens is 1. The predicted molar refractivity (Wildman–Crippen MR) is 142 cm³/mol. The van der Waals surface area contributed by atoms with Gasteiger partial charge in [-0.25, -0.2) is 9.99 Å². The second kappa shape index (κ2) is 10.6. The minimum atomic E-state index is -0.243. The number of esters is 1. The van der Waals surface area contributed by atoms with E-state index in [1.165, 1.54) is 7.11 Å². The first-order valence-corrected chi connectivity index (χ1v) is 12.6. The van der Waals surface area contributed by atoms with Gasteiger partial charge in [0, 0.05) is 23.9 Å². The number of thiazole rings is 1. The van der Waals surface area contributed by atoms with Gasteiger partial charge in [-0.2, -0.15) is 0 Å². The Hall–Kier alpha value is -4.17. The lowest BCUT2D eigenvalue weighted by Crippen LogP contribution is -2.47. The van der Waals surface area contributed by atoms with Crippen LogP contribution in [0.1, 0.15) is 29.6 Å². The molecule has 2 heterocycles. The van der Waals surface area contributed by atoms with Crippen molar-refractivity contribution >= 4 is 44.8 Å². The summed E-state index contributed by atoms with van der Waals surface area (Å²) in [5, 5.41) is 3.74. The van der Waals surface area contributed by atoms with Crippen LogP contribution in [0.25, 0.3) is 10.2 Å². The van der Waals surface area contributed by atoms with Gasteiger partial charge in [-0.3, -0.25) is 14.6 Å². The van der Waals surface area contributed by atoms with Gasteiger partial charge in [-0.15, -0.1) is 11.3 Å². The van der Waals surface area contributed by atoms with Crippen molar-refractivity contribution in [2.75, 3.05) is 23.7 Å². The molecule has 182 valence electrons. The Labute approximate surface area is 213 Å². The molecule has 1 aromatic heterocycles. The highest BCUT2D eigenvalue weighted by atomic mass is 32.1. The fourth-order valence-corrected chi connectivity index (χ4v) is 4.95. The van der Waals surface area contributed by atoms with Crippen LogP contribution in [0.3, 0.4) is 0 Å². The van der Waals surface area contributed by atoms with Gasteiger partial charge < -0.3 is 9.64 Å². The van der Waals surface area contributed by atoms with Crippen molar-refractivity contribution in [3.05, 3.63) is 102 Å². The second-order valence-corrected chi connectivity index (χ2v) is 9.27. The highest BCUT2D eigenvalue weighted by Gasteiger charge is 2.32. The molecule has 0 saturated carbocycles. The fraction of sp³-hybridized carbons (Fsp3) is 0.179. The number of benzene rings is 3.